The maximum Gasteiger partial charge on any atom is 0.336 e. The summed E-state index contributed by atoms with van der Waals surface area (Å²) >= 11 is 0. The minimum absolute atomic E-state index is 0.149. The van der Waals surface area contributed by atoms with Gasteiger partial charge in [0.25, 0.3) is 5.56 Å². The summed E-state index contributed by atoms with van der Waals surface area (Å²) in [5, 5.41) is 2.91. The van der Waals surface area contributed by atoms with Crippen LogP contribution in [-0.2, 0) is 11.3 Å². The topological polar surface area (TPSA) is 86.2 Å². The molecular formula is C22H18FN3O4. The predicted octanol–water partition coefficient (Wildman–Crippen LogP) is 2.76. The molecule has 7 nitrogen and oxygen atoms in total. The molecule has 4 aromatic rings. The summed E-state index contributed by atoms with van der Waals surface area (Å²) in [6, 6.07) is 14.4. The first-order valence-corrected chi connectivity index (χ1v) is 9.30. The number of furan rings is 1. The molecule has 0 saturated heterocycles. The van der Waals surface area contributed by atoms with Gasteiger partial charge in [0.15, 0.2) is 0 Å². The third-order valence-electron chi connectivity index (χ3n) is 4.87. The van der Waals surface area contributed by atoms with E-state index in [1.54, 1.807) is 43.3 Å². The minimum atomic E-state index is -0.962. The largest absolute Gasteiger partial charge is 0.467 e. The van der Waals surface area contributed by atoms with E-state index in [1.165, 1.54) is 35.1 Å². The number of halogens is 1. The van der Waals surface area contributed by atoms with Gasteiger partial charge in [-0.15, -0.1) is 0 Å². The highest BCUT2D eigenvalue weighted by molar-refractivity contribution is 5.84. The van der Waals surface area contributed by atoms with E-state index in [2.05, 4.69) is 5.32 Å². The summed E-state index contributed by atoms with van der Waals surface area (Å²) in [5.41, 5.74) is -1.33. The first-order valence-electron chi connectivity index (χ1n) is 9.30. The van der Waals surface area contributed by atoms with Crippen LogP contribution in [0.2, 0.25) is 0 Å². The van der Waals surface area contributed by atoms with E-state index in [1.807, 2.05) is 0 Å². The van der Waals surface area contributed by atoms with Crippen molar-refractivity contribution in [2.45, 2.75) is 19.5 Å². The van der Waals surface area contributed by atoms with E-state index >= 15 is 0 Å². The quantitative estimate of drug-likeness (QED) is 0.551. The lowest BCUT2D eigenvalue weighted by atomic mass is 10.2. The minimum Gasteiger partial charge on any atom is -0.467 e. The molecule has 30 heavy (non-hydrogen) atoms. The van der Waals surface area contributed by atoms with Gasteiger partial charge in [0.2, 0.25) is 5.91 Å². The molecule has 1 amide bonds. The van der Waals surface area contributed by atoms with Crippen molar-refractivity contribution in [3.63, 3.8) is 0 Å². The van der Waals surface area contributed by atoms with Crippen LogP contribution in [0.15, 0.2) is 80.9 Å². The number of carbonyl (C=O) groups excluding carboxylic acids is 1. The van der Waals surface area contributed by atoms with E-state index < -0.39 is 29.0 Å². The fourth-order valence-electron chi connectivity index (χ4n) is 3.35. The number of para-hydroxylation sites is 2. The highest BCUT2D eigenvalue weighted by Crippen LogP contribution is 2.16. The van der Waals surface area contributed by atoms with Crippen molar-refractivity contribution in [2.24, 2.45) is 0 Å². The molecule has 8 heteroatoms. The third-order valence-corrected chi connectivity index (χ3v) is 4.87. The Kier molecular flexibility index (Phi) is 5.05. The number of nitrogens with one attached hydrogen (secondary N) is 1. The number of fused-ring (bicyclic) bond motifs is 1. The van der Waals surface area contributed by atoms with Gasteiger partial charge in [0, 0.05) is 0 Å². The Hall–Kier alpha value is -3.94. The van der Waals surface area contributed by atoms with Crippen LogP contribution in [0.5, 0.6) is 0 Å². The molecule has 1 atom stereocenters. The zero-order valence-corrected chi connectivity index (χ0v) is 16.0. The van der Waals surface area contributed by atoms with Gasteiger partial charge >= 0.3 is 5.69 Å². The van der Waals surface area contributed by atoms with Gasteiger partial charge in [-0.25, -0.2) is 13.8 Å². The lowest BCUT2D eigenvalue weighted by Crippen LogP contribution is -2.43. The number of amides is 1. The molecule has 0 radical (unpaired) electrons. The van der Waals surface area contributed by atoms with Crippen molar-refractivity contribution in [3.8, 4) is 5.69 Å². The van der Waals surface area contributed by atoms with Crippen LogP contribution < -0.4 is 16.6 Å². The number of hydrogen-bond donors (Lipinski definition) is 1. The molecule has 4 rings (SSSR count). The molecule has 2 aromatic carbocycles. The average Bonchev–Trinajstić information content (AvgIpc) is 3.27. The number of nitrogens with zero attached hydrogens (tertiary/aromatic N) is 2. The fourth-order valence-corrected chi connectivity index (χ4v) is 3.35. The maximum atomic E-state index is 14.4. The smallest absolute Gasteiger partial charge is 0.336 e. The average molecular weight is 407 g/mol. The Labute approximate surface area is 170 Å². The summed E-state index contributed by atoms with van der Waals surface area (Å²) in [6.45, 7) is 1.69. The third kappa shape index (κ3) is 3.32. The molecule has 0 unspecified atom stereocenters. The second-order valence-corrected chi connectivity index (χ2v) is 6.73. The first kappa shape index (κ1) is 19.4. The van der Waals surface area contributed by atoms with Crippen molar-refractivity contribution in [2.75, 3.05) is 0 Å². The van der Waals surface area contributed by atoms with Crippen molar-refractivity contribution in [1.82, 2.24) is 14.5 Å². The molecule has 0 aliphatic carbocycles. The molecule has 0 aliphatic heterocycles. The number of carbonyl (C=O) groups is 1. The Morgan fingerprint density at radius 1 is 1.07 bits per heavy atom. The van der Waals surface area contributed by atoms with Crippen LogP contribution >= 0.6 is 0 Å². The monoisotopic (exact) mass is 407 g/mol. The van der Waals surface area contributed by atoms with Gasteiger partial charge in [-0.2, -0.15) is 0 Å². The van der Waals surface area contributed by atoms with Crippen LogP contribution in [0.25, 0.3) is 16.6 Å². The molecule has 0 saturated carbocycles. The summed E-state index contributed by atoms with van der Waals surface area (Å²) in [6.07, 6.45) is 1.49. The van der Waals surface area contributed by atoms with E-state index in [0.29, 0.717) is 11.3 Å². The van der Waals surface area contributed by atoms with Crippen molar-refractivity contribution in [3.05, 3.63) is 99.3 Å². The highest BCUT2D eigenvalue weighted by atomic mass is 19.1. The molecular weight excluding hydrogens is 389 g/mol. The normalized spacial score (nSPS) is 12.1. The molecule has 2 aromatic heterocycles. The van der Waals surface area contributed by atoms with E-state index in [0.717, 1.165) is 4.57 Å². The van der Waals surface area contributed by atoms with Crippen LogP contribution in [-0.4, -0.2) is 15.0 Å². The SMILES string of the molecule is C[C@@H](C(=O)NCc1ccco1)n1c(=O)n(-c2ccccc2F)c(=O)c2ccccc21. The number of hydrogen-bond acceptors (Lipinski definition) is 4. The van der Waals surface area contributed by atoms with Crippen LogP contribution in [0.4, 0.5) is 4.39 Å². The van der Waals surface area contributed by atoms with Gasteiger partial charge in [0.05, 0.1) is 29.4 Å². The molecule has 152 valence electrons. The van der Waals surface area contributed by atoms with Crippen LogP contribution in [0.1, 0.15) is 18.7 Å². The Balaban J connectivity index is 1.87. The van der Waals surface area contributed by atoms with Crippen molar-refractivity contribution >= 4 is 16.8 Å². The van der Waals surface area contributed by atoms with Gasteiger partial charge in [-0.05, 0) is 43.3 Å². The molecule has 0 fully saturated rings. The summed E-state index contributed by atoms with van der Waals surface area (Å²) < 4.78 is 21.6. The first-order chi connectivity index (χ1) is 14.5. The zero-order valence-electron chi connectivity index (χ0n) is 16.0. The molecule has 0 aliphatic rings. The van der Waals surface area contributed by atoms with Gasteiger partial charge in [0.1, 0.15) is 17.6 Å². The van der Waals surface area contributed by atoms with Gasteiger partial charge < -0.3 is 9.73 Å². The summed E-state index contributed by atoms with van der Waals surface area (Å²) in [5.74, 6) is -0.602. The molecule has 0 bridgehead atoms. The Bertz CT molecular complexity index is 1340. The van der Waals surface area contributed by atoms with E-state index in [-0.39, 0.29) is 17.6 Å². The molecule has 0 spiro atoms. The van der Waals surface area contributed by atoms with Gasteiger partial charge in [-0.3, -0.25) is 14.2 Å². The van der Waals surface area contributed by atoms with Crippen molar-refractivity contribution in [1.29, 1.82) is 0 Å². The summed E-state index contributed by atoms with van der Waals surface area (Å²) in [7, 11) is 0. The lowest BCUT2D eigenvalue weighted by molar-refractivity contribution is -0.124. The van der Waals surface area contributed by atoms with E-state index in [4.69, 9.17) is 4.42 Å². The Morgan fingerprint density at radius 2 is 1.80 bits per heavy atom. The van der Waals surface area contributed by atoms with Crippen LogP contribution in [0, 0.1) is 5.82 Å². The van der Waals surface area contributed by atoms with Crippen LogP contribution in [0.3, 0.4) is 0 Å². The molecule has 1 N–H and O–H groups in total. The number of benzene rings is 2. The van der Waals surface area contributed by atoms with Crippen molar-refractivity contribution < 1.29 is 13.6 Å². The maximum absolute atomic E-state index is 14.4. The number of aromatic nitrogens is 2. The van der Waals surface area contributed by atoms with Gasteiger partial charge in [-0.1, -0.05) is 24.3 Å². The number of rotatable bonds is 5. The standard InChI is InChI=1S/C22H18FN3O4/c1-14(20(27)24-13-15-7-6-12-30-15)25-18-10-4-2-8-16(18)21(28)26(22(25)29)19-11-5-3-9-17(19)23/h2-12,14H,13H2,1H3,(H,24,27)/t14-/m0/s1. The Morgan fingerprint density at radius 3 is 2.53 bits per heavy atom. The predicted molar refractivity (Wildman–Crippen MR) is 109 cm³/mol. The van der Waals surface area contributed by atoms with E-state index in [9.17, 15) is 18.8 Å². The fraction of sp³-hybridized carbons (Fsp3) is 0.136. The highest BCUT2D eigenvalue weighted by Gasteiger charge is 2.23. The molecule has 2 heterocycles. The lowest BCUT2D eigenvalue weighted by Gasteiger charge is -2.19. The second-order valence-electron chi connectivity index (χ2n) is 6.73. The second kappa shape index (κ2) is 7.82. The zero-order chi connectivity index (χ0) is 21.3. The summed E-state index contributed by atoms with van der Waals surface area (Å²) in [4.78, 5) is 39.1.